The molecule has 0 aromatic carbocycles. The fourth-order valence-electron chi connectivity index (χ4n) is 2.53. The Balaban J connectivity index is 1.72. The highest BCUT2D eigenvalue weighted by molar-refractivity contribution is 7.10. The van der Waals surface area contributed by atoms with Crippen LogP contribution >= 0.6 is 11.3 Å². The Morgan fingerprint density at radius 2 is 2.38 bits per heavy atom. The standard InChI is InChI=1S/C13H22N2S/c1-2-11-5-6-16-13(11)9-15-8-10-3-4-12(14)7-10/h5-6,10,12,15H,2-4,7-9,14H2,1H3. The molecule has 0 radical (unpaired) electrons. The third kappa shape index (κ3) is 3.06. The van der Waals surface area contributed by atoms with Crippen LogP contribution in [0, 0.1) is 5.92 Å². The highest BCUT2D eigenvalue weighted by Crippen LogP contribution is 2.23. The van der Waals surface area contributed by atoms with Gasteiger partial charge in [-0.3, -0.25) is 0 Å². The summed E-state index contributed by atoms with van der Waals surface area (Å²) in [4.78, 5) is 1.50. The molecular weight excluding hydrogens is 216 g/mol. The lowest BCUT2D eigenvalue weighted by Gasteiger charge is -2.10. The Labute approximate surface area is 102 Å². The van der Waals surface area contributed by atoms with Gasteiger partial charge >= 0.3 is 0 Å². The van der Waals surface area contributed by atoms with Crippen molar-refractivity contribution in [1.29, 1.82) is 0 Å². The molecule has 16 heavy (non-hydrogen) atoms. The molecule has 1 aromatic heterocycles. The van der Waals surface area contributed by atoms with Gasteiger partial charge in [0.1, 0.15) is 0 Å². The Bertz CT molecular complexity index is 321. The summed E-state index contributed by atoms with van der Waals surface area (Å²) in [6.07, 6.45) is 4.87. The number of hydrogen-bond donors (Lipinski definition) is 2. The summed E-state index contributed by atoms with van der Waals surface area (Å²) in [5.41, 5.74) is 7.41. The Hall–Kier alpha value is -0.380. The molecule has 1 saturated carbocycles. The minimum absolute atomic E-state index is 0.458. The second kappa shape index (κ2) is 5.80. The van der Waals surface area contributed by atoms with Crippen LogP contribution in [0.25, 0.3) is 0 Å². The topological polar surface area (TPSA) is 38.0 Å². The normalized spacial score (nSPS) is 25.1. The lowest BCUT2D eigenvalue weighted by Crippen LogP contribution is -2.22. The number of hydrogen-bond acceptors (Lipinski definition) is 3. The largest absolute Gasteiger partial charge is 0.328 e. The van der Waals surface area contributed by atoms with Crippen molar-refractivity contribution in [2.75, 3.05) is 6.54 Å². The van der Waals surface area contributed by atoms with E-state index in [9.17, 15) is 0 Å². The minimum atomic E-state index is 0.458. The predicted molar refractivity (Wildman–Crippen MR) is 70.7 cm³/mol. The summed E-state index contributed by atoms with van der Waals surface area (Å²) in [6, 6.07) is 2.70. The highest BCUT2D eigenvalue weighted by atomic mass is 32.1. The molecule has 1 aliphatic carbocycles. The van der Waals surface area contributed by atoms with E-state index in [0.717, 1.165) is 25.4 Å². The Morgan fingerprint density at radius 1 is 1.50 bits per heavy atom. The number of thiophene rings is 1. The average Bonchev–Trinajstić information content (AvgIpc) is 2.87. The molecule has 3 N–H and O–H groups in total. The van der Waals surface area contributed by atoms with Crippen LogP contribution in [0.15, 0.2) is 11.4 Å². The molecule has 1 aromatic rings. The summed E-state index contributed by atoms with van der Waals surface area (Å²) in [5, 5.41) is 5.78. The van der Waals surface area contributed by atoms with E-state index < -0.39 is 0 Å². The molecule has 2 atom stereocenters. The van der Waals surface area contributed by atoms with E-state index in [1.165, 1.54) is 29.7 Å². The molecule has 0 saturated heterocycles. The van der Waals surface area contributed by atoms with Crippen molar-refractivity contribution in [1.82, 2.24) is 5.32 Å². The lowest BCUT2D eigenvalue weighted by molar-refractivity contribution is 0.483. The second-order valence-corrected chi connectivity index (χ2v) is 5.79. The summed E-state index contributed by atoms with van der Waals surface area (Å²) in [5.74, 6) is 0.806. The van der Waals surface area contributed by atoms with E-state index in [2.05, 4.69) is 23.7 Å². The van der Waals surface area contributed by atoms with Crippen molar-refractivity contribution in [3.63, 3.8) is 0 Å². The maximum atomic E-state index is 5.91. The number of nitrogens with one attached hydrogen (secondary N) is 1. The van der Waals surface area contributed by atoms with Gasteiger partial charge in [0.05, 0.1) is 0 Å². The monoisotopic (exact) mass is 238 g/mol. The quantitative estimate of drug-likeness (QED) is 0.827. The van der Waals surface area contributed by atoms with Crippen LogP contribution in [0.2, 0.25) is 0 Å². The van der Waals surface area contributed by atoms with Crippen molar-refractivity contribution in [3.05, 3.63) is 21.9 Å². The lowest BCUT2D eigenvalue weighted by atomic mass is 10.1. The van der Waals surface area contributed by atoms with E-state index in [4.69, 9.17) is 5.73 Å². The summed E-state index contributed by atoms with van der Waals surface area (Å²) in [7, 11) is 0. The van der Waals surface area contributed by atoms with Gasteiger partial charge in [0.2, 0.25) is 0 Å². The van der Waals surface area contributed by atoms with Gasteiger partial charge in [-0.2, -0.15) is 0 Å². The molecule has 2 rings (SSSR count). The van der Waals surface area contributed by atoms with E-state index in [-0.39, 0.29) is 0 Å². The van der Waals surface area contributed by atoms with Crippen molar-refractivity contribution in [2.45, 2.75) is 45.2 Å². The van der Waals surface area contributed by atoms with E-state index in [1.54, 1.807) is 0 Å². The molecule has 1 aliphatic rings. The third-order valence-corrected chi connectivity index (χ3v) is 4.48. The highest BCUT2D eigenvalue weighted by Gasteiger charge is 2.20. The molecule has 0 amide bonds. The molecule has 0 spiro atoms. The van der Waals surface area contributed by atoms with Crippen LogP contribution in [-0.4, -0.2) is 12.6 Å². The van der Waals surface area contributed by atoms with E-state index >= 15 is 0 Å². The number of aryl methyl sites for hydroxylation is 1. The molecule has 3 heteroatoms. The molecule has 2 nitrogen and oxygen atoms in total. The van der Waals surface area contributed by atoms with Gasteiger partial charge in [-0.15, -0.1) is 11.3 Å². The zero-order valence-electron chi connectivity index (χ0n) is 10.0. The molecule has 0 bridgehead atoms. The first-order chi connectivity index (χ1) is 7.79. The Morgan fingerprint density at radius 3 is 3.06 bits per heavy atom. The molecule has 90 valence electrons. The van der Waals surface area contributed by atoms with Crippen molar-refractivity contribution in [2.24, 2.45) is 11.7 Å². The van der Waals surface area contributed by atoms with Crippen molar-refractivity contribution >= 4 is 11.3 Å². The number of rotatable bonds is 5. The SMILES string of the molecule is CCc1ccsc1CNCC1CCC(N)C1. The average molecular weight is 238 g/mol. The second-order valence-electron chi connectivity index (χ2n) is 4.79. The molecule has 1 heterocycles. The number of nitrogens with two attached hydrogens (primary N) is 1. The molecule has 2 unspecified atom stereocenters. The first-order valence-corrected chi connectivity index (χ1v) is 7.19. The van der Waals surface area contributed by atoms with E-state index in [1.807, 2.05) is 11.3 Å². The van der Waals surface area contributed by atoms with Crippen molar-refractivity contribution in [3.8, 4) is 0 Å². The van der Waals surface area contributed by atoms with Gasteiger partial charge in [0.25, 0.3) is 0 Å². The molecule has 0 aliphatic heterocycles. The maximum Gasteiger partial charge on any atom is 0.0302 e. The van der Waals surface area contributed by atoms with Crippen molar-refractivity contribution < 1.29 is 0 Å². The minimum Gasteiger partial charge on any atom is -0.328 e. The van der Waals surface area contributed by atoms with Gasteiger partial charge in [0, 0.05) is 17.5 Å². The van der Waals surface area contributed by atoms with Crippen LogP contribution in [-0.2, 0) is 13.0 Å². The predicted octanol–water partition coefficient (Wildman–Crippen LogP) is 2.53. The molecular formula is C13H22N2S. The van der Waals surface area contributed by atoms with Crippen LogP contribution in [0.1, 0.15) is 36.6 Å². The third-order valence-electron chi connectivity index (χ3n) is 3.52. The van der Waals surface area contributed by atoms with E-state index in [0.29, 0.717) is 6.04 Å². The smallest absolute Gasteiger partial charge is 0.0302 e. The first-order valence-electron chi connectivity index (χ1n) is 6.31. The fraction of sp³-hybridized carbons (Fsp3) is 0.692. The van der Waals surface area contributed by atoms with Crippen LogP contribution < -0.4 is 11.1 Å². The molecule has 1 fully saturated rings. The summed E-state index contributed by atoms with van der Waals surface area (Å²) < 4.78 is 0. The summed E-state index contributed by atoms with van der Waals surface area (Å²) in [6.45, 7) is 4.39. The van der Waals surface area contributed by atoms with Crippen LogP contribution in [0.5, 0.6) is 0 Å². The van der Waals surface area contributed by atoms with Crippen LogP contribution in [0.4, 0.5) is 0 Å². The fourth-order valence-corrected chi connectivity index (χ4v) is 3.47. The summed E-state index contributed by atoms with van der Waals surface area (Å²) >= 11 is 1.87. The van der Waals surface area contributed by atoms with Gasteiger partial charge in [-0.25, -0.2) is 0 Å². The van der Waals surface area contributed by atoms with Gasteiger partial charge in [-0.05, 0) is 55.2 Å². The first kappa shape index (κ1) is 12.1. The maximum absolute atomic E-state index is 5.91. The van der Waals surface area contributed by atoms with Gasteiger partial charge < -0.3 is 11.1 Å². The zero-order chi connectivity index (χ0) is 11.4. The zero-order valence-corrected chi connectivity index (χ0v) is 10.9. The van der Waals surface area contributed by atoms with Crippen LogP contribution in [0.3, 0.4) is 0 Å². The van der Waals surface area contributed by atoms with Gasteiger partial charge in [0.15, 0.2) is 0 Å². The van der Waals surface area contributed by atoms with Gasteiger partial charge in [-0.1, -0.05) is 6.92 Å². The Kier molecular flexibility index (Phi) is 4.38.